The van der Waals surface area contributed by atoms with Gasteiger partial charge in [-0.05, 0) is 77.2 Å². The Kier molecular flexibility index (Phi) is 5.78. The lowest BCUT2D eigenvalue weighted by Gasteiger charge is -2.48. The summed E-state index contributed by atoms with van der Waals surface area (Å²) < 4.78 is 14.0. The van der Waals surface area contributed by atoms with Crippen molar-refractivity contribution < 1.29 is 14.0 Å². The molecule has 1 spiro atoms. The Morgan fingerprint density at radius 1 is 1.17 bits per heavy atom. The zero-order chi connectivity index (χ0) is 25.0. The molecule has 3 aliphatic rings. The number of amides is 3. The van der Waals surface area contributed by atoms with Gasteiger partial charge in [0.05, 0.1) is 29.7 Å². The predicted octanol–water partition coefficient (Wildman–Crippen LogP) is 3.60. The molecule has 2 aromatic rings. The molecule has 8 nitrogen and oxygen atoms in total. The number of carbonyl (C=O) groups is 2. The number of rotatable bonds is 5. The molecule has 186 valence electrons. The number of hydrogen-bond acceptors (Lipinski definition) is 5. The average Bonchev–Trinajstić information content (AvgIpc) is 3.63. The first-order chi connectivity index (χ1) is 16.6. The van der Waals surface area contributed by atoms with Crippen molar-refractivity contribution in [3.63, 3.8) is 0 Å². The van der Waals surface area contributed by atoms with Crippen LogP contribution >= 0.6 is 0 Å². The molecule has 5 rings (SSSR count). The second kappa shape index (κ2) is 8.55. The molecule has 1 N–H and O–H groups in total. The topological polar surface area (TPSA) is 81.7 Å². The molecule has 1 saturated heterocycles. The molecule has 0 unspecified atom stereocenters. The van der Waals surface area contributed by atoms with Crippen molar-refractivity contribution in [3.8, 4) is 0 Å². The number of nitrogens with one attached hydrogen (secondary N) is 1. The minimum absolute atomic E-state index is 0.0416. The number of hydrogen-bond donors (Lipinski definition) is 1. The van der Waals surface area contributed by atoms with Crippen LogP contribution in [0.2, 0.25) is 0 Å². The summed E-state index contributed by atoms with van der Waals surface area (Å²) in [6, 6.07) is 6.71. The van der Waals surface area contributed by atoms with Gasteiger partial charge in [0.25, 0.3) is 0 Å². The third-order valence-corrected chi connectivity index (χ3v) is 8.12. The van der Waals surface area contributed by atoms with Crippen LogP contribution in [-0.2, 0) is 10.3 Å². The second-order valence-corrected chi connectivity index (χ2v) is 10.5. The Morgan fingerprint density at radius 2 is 1.89 bits per heavy atom. The summed E-state index contributed by atoms with van der Waals surface area (Å²) in [6.07, 6.45) is 6.66. The quantitative estimate of drug-likeness (QED) is 0.707. The zero-order valence-electron chi connectivity index (χ0n) is 20.8. The van der Waals surface area contributed by atoms with Crippen LogP contribution in [0, 0.1) is 18.7 Å². The van der Waals surface area contributed by atoms with Crippen molar-refractivity contribution in [1.29, 1.82) is 0 Å². The van der Waals surface area contributed by atoms with Gasteiger partial charge in [-0.15, -0.1) is 0 Å². The highest BCUT2D eigenvalue weighted by Crippen LogP contribution is 2.46. The van der Waals surface area contributed by atoms with Crippen molar-refractivity contribution in [2.45, 2.75) is 56.5 Å². The molecular weight excluding hydrogens is 447 g/mol. The van der Waals surface area contributed by atoms with Crippen molar-refractivity contribution in [1.82, 2.24) is 20.2 Å². The molecule has 2 aliphatic carbocycles. The van der Waals surface area contributed by atoms with Crippen LogP contribution in [0.5, 0.6) is 0 Å². The molecule has 0 atom stereocenters. The molecule has 1 aromatic heterocycles. The van der Waals surface area contributed by atoms with Crippen LogP contribution in [-0.4, -0.2) is 60.0 Å². The summed E-state index contributed by atoms with van der Waals surface area (Å²) in [5, 5.41) is 3.24. The Morgan fingerprint density at radius 3 is 2.49 bits per heavy atom. The summed E-state index contributed by atoms with van der Waals surface area (Å²) in [7, 11) is 5.77. The number of anilines is 2. The van der Waals surface area contributed by atoms with Crippen LogP contribution in [0.25, 0.3) is 0 Å². The van der Waals surface area contributed by atoms with Gasteiger partial charge in [-0.1, -0.05) is 12.1 Å². The van der Waals surface area contributed by atoms with E-state index >= 15 is 0 Å². The standard InChI is InChI=1S/C26H33FN6O2/c1-17-21(15-28-23(29-17)32(4)22(34)18-8-9-18)33-16-25(30-24(33)35)10-12-26(13-11-25,31(2)3)19-6-5-7-20(27)14-19/h5-7,14-15,18H,8-13,16H2,1-4H3,(H,30,35). The smallest absolute Gasteiger partial charge is 0.322 e. The van der Waals surface area contributed by atoms with Crippen molar-refractivity contribution in [2.24, 2.45) is 5.92 Å². The highest BCUT2D eigenvalue weighted by molar-refractivity contribution is 5.96. The van der Waals surface area contributed by atoms with E-state index in [0.717, 1.165) is 44.1 Å². The third kappa shape index (κ3) is 4.16. The molecule has 3 amide bonds. The average molecular weight is 481 g/mol. The van der Waals surface area contributed by atoms with Gasteiger partial charge in [-0.3, -0.25) is 19.5 Å². The molecular formula is C26H33FN6O2. The van der Waals surface area contributed by atoms with Gasteiger partial charge in [0.1, 0.15) is 5.82 Å². The molecule has 0 bridgehead atoms. The van der Waals surface area contributed by atoms with Crippen molar-refractivity contribution in [3.05, 3.63) is 47.5 Å². The number of carbonyl (C=O) groups excluding carboxylic acids is 2. The van der Waals surface area contributed by atoms with E-state index in [0.29, 0.717) is 23.9 Å². The predicted molar refractivity (Wildman–Crippen MR) is 132 cm³/mol. The number of aromatic nitrogens is 2. The van der Waals surface area contributed by atoms with Gasteiger partial charge in [-0.25, -0.2) is 19.2 Å². The maximum Gasteiger partial charge on any atom is 0.322 e. The van der Waals surface area contributed by atoms with Crippen LogP contribution < -0.4 is 15.1 Å². The fourth-order valence-electron chi connectivity index (χ4n) is 5.68. The molecule has 9 heteroatoms. The van der Waals surface area contributed by atoms with E-state index in [2.05, 4.69) is 20.2 Å². The van der Waals surface area contributed by atoms with Gasteiger partial charge >= 0.3 is 6.03 Å². The molecule has 2 saturated carbocycles. The number of urea groups is 1. The van der Waals surface area contributed by atoms with E-state index in [-0.39, 0.29) is 34.8 Å². The van der Waals surface area contributed by atoms with Crippen molar-refractivity contribution in [2.75, 3.05) is 37.5 Å². The van der Waals surface area contributed by atoms with Gasteiger partial charge in [-0.2, -0.15) is 0 Å². The highest BCUT2D eigenvalue weighted by Gasteiger charge is 2.50. The largest absolute Gasteiger partial charge is 0.330 e. The summed E-state index contributed by atoms with van der Waals surface area (Å²) in [5.74, 6) is 0.259. The highest BCUT2D eigenvalue weighted by atomic mass is 19.1. The Bertz CT molecular complexity index is 1160. The van der Waals surface area contributed by atoms with Gasteiger partial charge in [0.2, 0.25) is 11.9 Å². The van der Waals surface area contributed by atoms with E-state index in [9.17, 15) is 14.0 Å². The lowest BCUT2D eigenvalue weighted by atomic mass is 9.69. The fraction of sp³-hybridized carbons (Fsp3) is 0.538. The van der Waals surface area contributed by atoms with Crippen LogP contribution in [0.3, 0.4) is 0 Å². The van der Waals surface area contributed by atoms with Gasteiger partial charge < -0.3 is 5.32 Å². The van der Waals surface area contributed by atoms with Crippen LogP contribution in [0.4, 0.5) is 20.8 Å². The molecule has 3 fully saturated rings. The lowest BCUT2D eigenvalue weighted by molar-refractivity contribution is -0.119. The fourth-order valence-corrected chi connectivity index (χ4v) is 5.68. The minimum atomic E-state index is -0.353. The molecule has 35 heavy (non-hydrogen) atoms. The monoisotopic (exact) mass is 480 g/mol. The zero-order valence-corrected chi connectivity index (χ0v) is 20.8. The second-order valence-electron chi connectivity index (χ2n) is 10.5. The maximum absolute atomic E-state index is 14.0. The van der Waals surface area contributed by atoms with E-state index < -0.39 is 0 Å². The van der Waals surface area contributed by atoms with E-state index in [1.807, 2.05) is 27.1 Å². The third-order valence-electron chi connectivity index (χ3n) is 8.12. The first kappa shape index (κ1) is 23.7. The first-order valence-electron chi connectivity index (χ1n) is 12.3. The van der Waals surface area contributed by atoms with Crippen molar-refractivity contribution >= 4 is 23.6 Å². The summed E-state index contributed by atoms with van der Waals surface area (Å²) in [4.78, 5) is 39.8. The normalized spacial score (nSPS) is 26.3. The summed E-state index contributed by atoms with van der Waals surface area (Å²) in [6.45, 7) is 2.37. The number of benzene rings is 1. The minimum Gasteiger partial charge on any atom is -0.330 e. The Labute approximate surface area is 205 Å². The van der Waals surface area contributed by atoms with Gasteiger partial charge in [0, 0.05) is 18.5 Å². The van der Waals surface area contributed by atoms with Crippen LogP contribution in [0.1, 0.15) is 49.8 Å². The molecule has 2 heterocycles. The SMILES string of the molecule is Cc1nc(N(C)C(=O)C2CC2)ncc1N1CC2(CCC(c3cccc(F)c3)(N(C)C)CC2)NC1=O. The summed E-state index contributed by atoms with van der Waals surface area (Å²) in [5.41, 5.74) is 1.67. The van der Waals surface area contributed by atoms with Crippen LogP contribution in [0.15, 0.2) is 30.5 Å². The molecule has 1 aromatic carbocycles. The maximum atomic E-state index is 14.0. The number of halogens is 1. The number of nitrogens with zero attached hydrogens (tertiary/aromatic N) is 5. The van der Waals surface area contributed by atoms with E-state index in [1.54, 1.807) is 30.3 Å². The molecule has 0 radical (unpaired) electrons. The van der Waals surface area contributed by atoms with Gasteiger partial charge in [0.15, 0.2) is 0 Å². The molecule has 1 aliphatic heterocycles. The van der Waals surface area contributed by atoms with E-state index in [1.165, 1.54) is 11.0 Å². The number of aryl methyl sites for hydroxylation is 1. The lowest BCUT2D eigenvalue weighted by Crippen LogP contribution is -2.54. The Hall–Kier alpha value is -3.07. The first-order valence-corrected chi connectivity index (χ1v) is 12.3. The van der Waals surface area contributed by atoms with E-state index in [4.69, 9.17) is 0 Å². The Balaban J connectivity index is 1.33. The summed E-state index contributed by atoms with van der Waals surface area (Å²) >= 11 is 0.